The van der Waals surface area contributed by atoms with Crippen LogP contribution in [0.5, 0.6) is 0 Å². The summed E-state index contributed by atoms with van der Waals surface area (Å²) in [7, 11) is 0. The van der Waals surface area contributed by atoms with Crippen LogP contribution in [0.4, 0.5) is 0 Å². The molecule has 1 aliphatic rings. The summed E-state index contributed by atoms with van der Waals surface area (Å²) in [5.74, 6) is 2.62. The highest BCUT2D eigenvalue weighted by molar-refractivity contribution is 5.79. The first-order valence-electron chi connectivity index (χ1n) is 6.70. The normalized spacial score (nSPS) is 13.9. The summed E-state index contributed by atoms with van der Waals surface area (Å²) in [6.07, 6.45) is 7.40. The number of amides is 1. The zero-order valence-corrected chi connectivity index (χ0v) is 11.4. The Morgan fingerprint density at radius 2 is 2.32 bits per heavy atom. The quantitative estimate of drug-likeness (QED) is 0.621. The lowest BCUT2D eigenvalue weighted by Gasteiger charge is -2.23. The van der Waals surface area contributed by atoms with Crippen LogP contribution in [-0.4, -0.2) is 29.9 Å². The molecular formula is C16H20N2O. The van der Waals surface area contributed by atoms with Gasteiger partial charge in [-0.05, 0) is 25.3 Å². The lowest BCUT2D eigenvalue weighted by molar-refractivity contribution is -0.131. The van der Waals surface area contributed by atoms with Crippen LogP contribution in [0.1, 0.15) is 24.0 Å². The average molecular weight is 256 g/mol. The molecule has 1 N–H and O–H groups in total. The minimum atomic E-state index is 0.138. The maximum Gasteiger partial charge on any atom is 0.237 e. The number of nitrogens with one attached hydrogen (secondary N) is 1. The second-order valence-corrected chi connectivity index (χ2v) is 5.05. The average Bonchev–Trinajstić information content (AvgIpc) is 3.20. The van der Waals surface area contributed by atoms with Crippen molar-refractivity contribution in [3.05, 3.63) is 35.4 Å². The fourth-order valence-corrected chi connectivity index (χ4v) is 2.16. The van der Waals surface area contributed by atoms with Gasteiger partial charge in [0.1, 0.15) is 0 Å². The van der Waals surface area contributed by atoms with Crippen molar-refractivity contribution >= 4 is 5.91 Å². The van der Waals surface area contributed by atoms with Crippen molar-refractivity contribution in [2.75, 3.05) is 13.1 Å². The predicted molar refractivity (Wildman–Crippen MR) is 76.5 cm³/mol. The number of nitrogens with zero attached hydrogens (tertiary/aromatic N) is 1. The first kappa shape index (κ1) is 13.6. The zero-order chi connectivity index (χ0) is 13.7. The summed E-state index contributed by atoms with van der Waals surface area (Å²) in [5, 5.41) is 2.97. The van der Waals surface area contributed by atoms with Crippen LogP contribution < -0.4 is 5.32 Å². The standard InChI is InChI=1S/C16H20N2O/c1-3-9-17-11-16(19)18(15-7-8-15)12-14-6-4-5-13(2)10-14/h1,4-6,10,15,17H,7-9,11-12H2,2H3. The molecule has 0 radical (unpaired) electrons. The predicted octanol–water partition coefficient (Wildman–Crippen LogP) is 1.71. The molecule has 0 aliphatic heterocycles. The molecule has 0 bridgehead atoms. The summed E-state index contributed by atoms with van der Waals surface area (Å²) in [4.78, 5) is 14.2. The second-order valence-electron chi connectivity index (χ2n) is 5.05. The Morgan fingerprint density at radius 1 is 1.53 bits per heavy atom. The van der Waals surface area contributed by atoms with Gasteiger partial charge in [-0.25, -0.2) is 0 Å². The minimum Gasteiger partial charge on any atom is -0.334 e. The molecule has 3 nitrogen and oxygen atoms in total. The first-order valence-corrected chi connectivity index (χ1v) is 6.70. The smallest absolute Gasteiger partial charge is 0.237 e. The lowest BCUT2D eigenvalue weighted by Crippen LogP contribution is -2.39. The van der Waals surface area contributed by atoms with Crippen molar-refractivity contribution in [1.29, 1.82) is 0 Å². The summed E-state index contributed by atoms with van der Waals surface area (Å²) in [5.41, 5.74) is 2.42. The number of carbonyl (C=O) groups excluding carboxylic acids is 1. The van der Waals surface area contributed by atoms with Crippen molar-refractivity contribution in [3.63, 3.8) is 0 Å². The number of aryl methyl sites for hydroxylation is 1. The lowest BCUT2D eigenvalue weighted by atomic mass is 10.1. The summed E-state index contributed by atoms with van der Waals surface area (Å²) in [6, 6.07) is 8.74. The van der Waals surface area contributed by atoms with Gasteiger partial charge in [-0.3, -0.25) is 10.1 Å². The number of terminal acetylenes is 1. The van der Waals surface area contributed by atoms with Gasteiger partial charge >= 0.3 is 0 Å². The van der Waals surface area contributed by atoms with E-state index in [1.807, 2.05) is 11.0 Å². The molecule has 0 aromatic heterocycles. The van der Waals surface area contributed by atoms with Crippen molar-refractivity contribution in [2.45, 2.75) is 32.4 Å². The fourth-order valence-electron chi connectivity index (χ4n) is 2.16. The minimum absolute atomic E-state index is 0.138. The van der Waals surface area contributed by atoms with Gasteiger partial charge in [0.05, 0.1) is 13.1 Å². The van der Waals surface area contributed by atoms with Crippen molar-refractivity contribution < 1.29 is 4.79 Å². The molecule has 1 aromatic carbocycles. The van der Waals surface area contributed by atoms with Crippen molar-refractivity contribution in [1.82, 2.24) is 10.2 Å². The third-order valence-electron chi connectivity index (χ3n) is 3.25. The van der Waals surface area contributed by atoms with Crippen LogP contribution in [0.2, 0.25) is 0 Å². The SMILES string of the molecule is C#CCNCC(=O)N(Cc1cccc(C)c1)C1CC1. The molecule has 1 fully saturated rings. The molecule has 0 heterocycles. The van der Waals surface area contributed by atoms with Gasteiger partial charge in [0.15, 0.2) is 0 Å². The number of hydrogen-bond acceptors (Lipinski definition) is 2. The van der Waals surface area contributed by atoms with Gasteiger partial charge in [-0.1, -0.05) is 35.7 Å². The van der Waals surface area contributed by atoms with Gasteiger partial charge in [0.2, 0.25) is 5.91 Å². The maximum atomic E-state index is 12.2. The van der Waals surface area contributed by atoms with Gasteiger partial charge in [0.25, 0.3) is 0 Å². The highest BCUT2D eigenvalue weighted by Gasteiger charge is 2.32. The third kappa shape index (κ3) is 4.11. The number of benzene rings is 1. The first-order chi connectivity index (χ1) is 9.20. The molecule has 0 saturated heterocycles. The monoisotopic (exact) mass is 256 g/mol. The molecule has 0 unspecified atom stereocenters. The summed E-state index contributed by atoms with van der Waals surface area (Å²) in [6.45, 7) is 3.53. The molecule has 100 valence electrons. The van der Waals surface area contributed by atoms with Gasteiger partial charge in [-0.15, -0.1) is 6.42 Å². The summed E-state index contributed by atoms with van der Waals surface area (Å²) >= 11 is 0. The Morgan fingerprint density at radius 3 is 2.95 bits per heavy atom. The van der Waals surface area contributed by atoms with E-state index in [-0.39, 0.29) is 5.91 Å². The number of rotatable bonds is 6. The van der Waals surface area contributed by atoms with E-state index < -0.39 is 0 Å². The van der Waals surface area contributed by atoms with Crippen LogP contribution in [-0.2, 0) is 11.3 Å². The molecular weight excluding hydrogens is 236 g/mol. The van der Waals surface area contributed by atoms with Crippen LogP contribution >= 0.6 is 0 Å². The fraction of sp³-hybridized carbons (Fsp3) is 0.438. The van der Waals surface area contributed by atoms with E-state index in [0.29, 0.717) is 25.7 Å². The Labute approximate surface area is 115 Å². The highest BCUT2D eigenvalue weighted by atomic mass is 16.2. The van der Waals surface area contributed by atoms with E-state index >= 15 is 0 Å². The van der Waals surface area contributed by atoms with Gasteiger partial charge in [-0.2, -0.15) is 0 Å². The van der Waals surface area contributed by atoms with Gasteiger partial charge in [0, 0.05) is 12.6 Å². The Kier molecular flexibility index (Phi) is 4.59. The Hall–Kier alpha value is -1.79. The van der Waals surface area contributed by atoms with Crippen LogP contribution in [0.15, 0.2) is 24.3 Å². The van der Waals surface area contributed by atoms with Crippen molar-refractivity contribution in [3.8, 4) is 12.3 Å². The molecule has 1 aliphatic carbocycles. The van der Waals surface area contributed by atoms with E-state index in [0.717, 1.165) is 12.8 Å². The molecule has 3 heteroatoms. The third-order valence-corrected chi connectivity index (χ3v) is 3.25. The van der Waals surface area contributed by atoms with E-state index in [9.17, 15) is 4.79 Å². The van der Waals surface area contributed by atoms with Crippen LogP contribution in [0, 0.1) is 19.3 Å². The van der Waals surface area contributed by atoms with E-state index in [2.05, 4.69) is 36.4 Å². The topological polar surface area (TPSA) is 32.3 Å². The van der Waals surface area contributed by atoms with Crippen LogP contribution in [0.25, 0.3) is 0 Å². The summed E-state index contributed by atoms with van der Waals surface area (Å²) < 4.78 is 0. The Bertz CT molecular complexity index is 486. The maximum absolute atomic E-state index is 12.2. The molecule has 0 atom stereocenters. The van der Waals surface area contributed by atoms with E-state index in [4.69, 9.17) is 6.42 Å². The Balaban J connectivity index is 1.96. The number of carbonyl (C=O) groups is 1. The largest absolute Gasteiger partial charge is 0.334 e. The van der Waals surface area contributed by atoms with Gasteiger partial charge < -0.3 is 4.90 Å². The molecule has 1 amide bonds. The van der Waals surface area contributed by atoms with Crippen LogP contribution in [0.3, 0.4) is 0 Å². The number of hydrogen-bond donors (Lipinski definition) is 1. The van der Waals surface area contributed by atoms with E-state index in [1.54, 1.807) is 0 Å². The second kappa shape index (κ2) is 6.40. The molecule has 0 spiro atoms. The highest BCUT2D eigenvalue weighted by Crippen LogP contribution is 2.28. The van der Waals surface area contributed by atoms with E-state index in [1.165, 1.54) is 11.1 Å². The van der Waals surface area contributed by atoms with Crippen molar-refractivity contribution in [2.24, 2.45) is 0 Å². The molecule has 1 aromatic rings. The molecule has 2 rings (SSSR count). The zero-order valence-electron chi connectivity index (χ0n) is 11.4. The molecule has 19 heavy (non-hydrogen) atoms. The molecule has 1 saturated carbocycles.